The summed E-state index contributed by atoms with van der Waals surface area (Å²) in [4.78, 5) is 85.5. The first kappa shape index (κ1) is 46.7. The number of carbonyl (C=O) groups is 4. The highest BCUT2D eigenvalue weighted by Crippen LogP contribution is 2.21. The maximum absolute atomic E-state index is 13.6. The van der Waals surface area contributed by atoms with Crippen LogP contribution < -0.4 is 5.32 Å². The lowest BCUT2D eigenvalue weighted by Crippen LogP contribution is -2.30. The lowest BCUT2D eigenvalue weighted by atomic mass is 9.99. The molecule has 2 atom stereocenters. The Balaban J connectivity index is 1.61. The van der Waals surface area contributed by atoms with Gasteiger partial charge in [-0.1, -0.05) is 25.5 Å². The number of aromatic nitrogens is 2. The number of nitrogens with one attached hydrogen (secondary N) is 1. The molecule has 0 spiro atoms. The zero-order valence-electron chi connectivity index (χ0n) is 33.3. The highest BCUT2D eigenvalue weighted by Gasteiger charge is 2.18. The molecule has 17 nitrogen and oxygen atoms in total. The van der Waals surface area contributed by atoms with Crippen LogP contribution in [0.5, 0.6) is 0 Å². The van der Waals surface area contributed by atoms with Gasteiger partial charge in [0.05, 0.1) is 31.5 Å². The largest absolute Gasteiger partial charge is 0.466 e. The normalized spacial score (nSPS) is 12.3. The zero-order chi connectivity index (χ0) is 42.3. The fraction of sp³-hybridized carbons (Fsp3) is 0.525. The fourth-order valence-corrected chi connectivity index (χ4v) is 6.49. The monoisotopic (exact) mass is 827 g/mol. The van der Waals surface area contributed by atoms with E-state index in [4.69, 9.17) is 14.5 Å². The summed E-state index contributed by atoms with van der Waals surface area (Å²) >= 11 is 1.53. The lowest BCUT2D eigenvalue weighted by molar-refractivity contribution is -0.767. The van der Waals surface area contributed by atoms with Gasteiger partial charge in [-0.25, -0.2) is 4.98 Å². The third-order valence-electron chi connectivity index (χ3n) is 8.95. The molecule has 0 fully saturated rings. The van der Waals surface area contributed by atoms with E-state index in [0.717, 1.165) is 41.9 Å². The summed E-state index contributed by atoms with van der Waals surface area (Å²) in [5, 5.41) is 25.6. The van der Waals surface area contributed by atoms with Crippen LogP contribution in [0.2, 0.25) is 0 Å². The second-order valence-corrected chi connectivity index (χ2v) is 14.6. The van der Waals surface area contributed by atoms with E-state index < -0.39 is 40.2 Å². The summed E-state index contributed by atoms with van der Waals surface area (Å²) in [6.45, 7) is 5.65. The second kappa shape index (κ2) is 25.6. The first-order chi connectivity index (χ1) is 27.8. The first-order valence-corrected chi connectivity index (χ1v) is 20.4. The van der Waals surface area contributed by atoms with E-state index in [1.54, 1.807) is 32.2 Å². The molecule has 0 saturated heterocycles. The minimum absolute atomic E-state index is 0.0381. The van der Waals surface area contributed by atoms with Crippen molar-refractivity contribution in [1.82, 2.24) is 14.9 Å². The number of benzene rings is 1. The molecule has 2 unspecified atom stereocenters. The lowest BCUT2D eigenvalue weighted by Gasteiger charge is -2.13. The van der Waals surface area contributed by atoms with Gasteiger partial charge in [0.2, 0.25) is 0 Å². The molecule has 2 heterocycles. The van der Waals surface area contributed by atoms with Crippen molar-refractivity contribution in [2.75, 3.05) is 19.8 Å². The Labute approximate surface area is 341 Å². The van der Waals surface area contributed by atoms with Gasteiger partial charge in [-0.3, -0.25) is 19.2 Å². The van der Waals surface area contributed by atoms with E-state index in [1.807, 2.05) is 39.6 Å². The van der Waals surface area contributed by atoms with Gasteiger partial charge < -0.3 is 29.0 Å². The molecule has 18 heteroatoms. The third kappa shape index (κ3) is 18.1. The quantitative estimate of drug-likeness (QED) is 0.0255. The number of unbranched alkanes of at least 4 members (excludes halogenated alkanes) is 3. The van der Waals surface area contributed by atoms with E-state index >= 15 is 0 Å². The molecular formula is C40H53N5O12S. The van der Waals surface area contributed by atoms with Gasteiger partial charge in [-0.2, -0.15) is 11.3 Å². The van der Waals surface area contributed by atoms with Crippen LogP contribution in [-0.4, -0.2) is 75.3 Å². The molecule has 2 aromatic heterocycles. The molecule has 1 aromatic carbocycles. The maximum atomic E-state index is 13.6. The van der Waals surface area contributed by atoms with Crippen molar-refractivity contribution in [3.05, 3.63) is 101 Å². The van der Waals surface area contributed by atoms with Gasteiger partial charge in [0, 0.05) is 36.9 Å². The van der Waals surface area contributed by atoms with Crippen molar-refractivity contribution in [3.63, 3.8) is 0 Å². The second-order valence-electron chi connectivity index (χ2n) is 13.8. The molecule has 0 aliphatic carbocycles. The van der Waals surface area contributed by atoms with Gasteiger partial charge in [0.25, 0.3) is 16.1 Å². The van der Waals surface area contributed by atoms with E-state index in [1.165, 1.54) is 11.3 Å². The predicted octanol–water partition coefficient (Wildman–Crippen LogP) is 6.66. The van der Waals surface area contributed by atoms with Crippen molar-refractivity contribution in [1.29, 1.82) is 0 Å². The number of rotatable bonds is 29. The van der Waals surface area contributed by atoms with Crippen LogP contribution in [0.25, 0.3) is 6.08 Å². The zero-order valence-corrected chi connectivity index (χ0v) is 34.1. The van der Waals surface area contributed by atoms with E-state index in [2.05, 4.69) is 21.9 Å². The van der Waals surface area contributed by atoms with Gasteiger partial charge in [-0.15, -0.1) is 20.2 Å². The van der Waals surface area contributed by atoms with Crippen LogP contribution in [0.3, 0.4) is 0 Å². The highest BCUT2D eigenvalue weighted by atomic mass is 32.1. The van der Waals surface area contributed by atoms with E-state index in [9.17, 15) is 39.4 Å². The number of Topliss-reactive ketones (excluding diaryl/α,β-unsaturated/α-hetero) is 1. The molecule has 58 heavy (non-hydrogen) atoms. The van der Waals surface area contributed by atoms with E-state index in [0.29, 0.717) is 62.6 Å². The molecule has 0 radical (unpaired) electrons. The minimum Gasteiger partial charge on any atom is -0.466 e. The van der Waals surface area contributed by atoms with Crippen LogP contribution >= 0.6 is 11.3 Å². The average Bonchev–Trinajstić information content (AvgIpc) is 3.84. The number of allylic oxidation sites excluding steroid dienone is 1. The summed E-state index contributed by atoms with van der Waals surface area (Å²) in [5.74, 6) is -0.883. The Morgan fingerprint density at radius 3 is 2.09 bits per heavy atom. The summed E-state index contributed by atoms with van der Waals surface area (Å²) in [5.41, 5.74) is 3.45. The smallest absolute Gasteiger partial charge is 0.325 e. The minimum atomic E-state index is -0.834. The molecule has 0 aliphatic rings. The predicted molar refractivity (Wildman–Crippen MR) is 214 cm³/mol. The highest BCUT2D eigenvalue weighted by molar-refractivity contribution is 7.07. The Morgan fingerprint density at radius 1 is 0.862 bits per heavy atom. The number of esters is 2. The molecule has 3 aromatic rings. The van der Waals surface area contributed by atoms with Crippen LogP contribution in [0.15, 0.2) is 52.9 Å². The maximum Gasteiger partial charge on any atom is 0.325 e. The van der Waals surface area contributed by atoms with Gasteiger partial charge in [0.1, 0.15) is 24.6 Å². The number of thiophene rings is 1. The van der Waals surface area contributed by atoms with Crippen molar-refractivity contribution in [3.8, 4) is 0 Å². The van der Waals surface area contributed by atoms with Crippen molar-refractivity contribution < 1.29 is 48.5 Å². The summed E-state index contributed by atoms with van der Waals surface area (Å²) < 4.78 is 12.5. The van der Waals surface area contributed by atoms with Crippen molar-refractivity contribution in [2.45, 2.75) is 117 Å². The molecule has 1 N–H and O–H groups in total. The molecule has 0 aliphatic heterocycles. The number of hydrogen-bond donors (Lipinski definition) is 1. The Bertz CT molecular complexity index is 1810. The van der Waals surface area contributed by atoms with E-state index in [-0.39, 0.29) is 38.4 Å². The molecule has 0 bridgehead atoms. The Hall–Kier alpha value is -5.65. The summed E-state index contributed by atoms with van der Waals surface area (Å²) in [7, 11) is 0. The number of ether oxygens (including phenoxy) is 2. The molecule has 3 rings (SSSR count). The first-order valence-electron chi connectivity index (χ1n) is 19.4. The van der Waals surface area contributed by atoms with Gasteiger partial charge in [0.15, 0.2) is 5.78 Å². The number of nitrogens with zero attached hydrogens (tertiary/aromatic N) is 4. The van der Waals surface area contributed by atoms with Crippen LogP contribution in [0, 0.1) is 20.2 Å². The van der Waals surface area contributed by atoms with Crippen LogP contribution in [0.1, 0.15) is 118 Å². The van der Waals surface area contributed by atoms with Crippen molar-refractivity contribution in [2.24, 2.45) is 0 Å². The number of hydrogen-bond acceptors (Lipinski definition) is 14. The number of imidazole rings is 1. The SMILES string of the molecule is CCCCc1ncc(/C=C(\Cc2ccsc2)C(=O)CCC(=O)OCCCCC(C)O[N+](=O)[O-])n1Cc1ccc(C(=O)NCC(=O)OCCCCC(C)O[N+](=O)[O-])cc1. The Kier molecular flexibility index (Phi) is 20.6. The van der Waals surface area contributed by atoms with Gasteiger partial charge >= 0.3 is 11.9 Å². The van der Waals surface area contributed by atoms with Crippen molar-refractivity contribution >= 4 is 41.0 Å². The third-order valence-corrected chi connectivity index (χ3v) is 9.68. The van der Waals surface area contributed by atoms with Gasteiger partial charge in [-0.05, 0) is 105 Å². The molecule has 1 amide bonds. The molecule has 0 saturated carbocycles. The summed E-state index contributed by atoms with van der Waals surface area (Å²) in [6, 6.07) is 8.92. The van der Waals surface area contributed by atoms with Crippen LogP contribution in [-0.2, 0) is 52.9 Å². The van der Waals surface area contributed by atoms with Crippen LogP contribution in [0.4, 0.5) is 0 Å². The fourth-order valence-electron chi connectivity index (χ4n) is 5.82. The molecule has 316 valence electrons. The standard InChI is InChI=1S/C40H53N5O12S/c1-4-5-12-37-41-25-35(24-34(23-32-19-22-58-28-32)36(46)17-18-38(47)54-20-8-6-10-29(2)56-44(50)51)43(37)27-31-13-15-33(16-14-31)40(49)42-26-39(48)55-21-9-7-11-30(3)57-45(52)53/h13-16,19,22,24-25,28-30H,4-12,17-18,20-21,23,26-27H2,1-3H3,(H,42,49)/b34-24+. The molecular weight excluding hydrogens is 775 g/mol. The number of ketones is 1. The summed E-state index contributed by atoms with van der Waals surface area (Å²) in [6.07, 6.45) is 8.37. The Morgan fingerprint density at radius 2 is 1.50 bits per heavy atom. The number of amides is 1. The number of aryl methyl sites for hydroxylation is 1. The average molecular weight is 828 g/mol. The number of carbonyl (C=O) groups excluding carboxylic acids is 4. The topological polar surface area (TPSA) is 221 Å².